The zero-order valence-corrected chi connectivity index (χ0v) is 18.9. The molecule has 166 valence electrons. The molecule has 3 aromatic rings. The summed E-state index contributed by atoms with van der Waals surface area (Å²) in [6, 6.07) is 18.3. The number of rotatable bonds is 6. The van der Waals surface area contributed by atoms with Crippen molar-refractivity contribution in [1.29, 1.82) is 5.26 Å². The van der Waals surface area contributed by atoms with Crippen LogP contribution in [0.4, 0.5) is 0 Å². The number of likely N-dealkylation sites (N-methyl/N-ethyl adjacent to an activating group) is 1. The zero-order valence-electron chi connectivity index (χ0n) is 18.1. The molecule has 1 fully saturated rings. The molecule has 1 saturated heterocycles. The van der Waals surface area contributed by atoms with Gasteiger partial charge < -0.3 is 9.80 Å². The van der Waals surface area contributed by atoms with Crippen LogP contribution < -0.4 is 0 Å². The van der Waals surface area contributed by atoms with Gasteiger partial charge in [-0.3, -0.25) is 4.79 Å². The number of nitrogens with zero attached hydrogens (tertiary/aromatic N) is 6. The minimum atomic E-state index is -0.0213. The zero-order chi connectivity index (χ0) is 21.6. The summed E-state index contributed by atoms with van der Waals surface area (Å²) in [7, 11) is 2.17. The van der Waals surface area contributed by atoms with Crippen LogP contribution in [0.5, 0.6) is 0 Å². The molecule has 0 saturated carbocycles. The van der Waals surface area contributed by atoms with Gasteiger partial charge in [0.05, 0.1) is 11.3 Å². The molecular weight excluding hydrogens is 424 g/mol. The minimum Gasteiger partial charge on any atom is -0.339 e. The number of carbonyl (C=O) groups excluding carboxylic acids is 1. The van der Waals surface area contributed by atoms with E-state index >= 15 is 0 Å². The Morgan fingerprint density at radius 2 is 1.94 bits per heavy atom. The van der Waals surface area contributed by atoms with Crippen LogP contribution in [0, 0.1) is 11.3 Å². The van der Waals surface area contributed by atoms with Gasteiger partial charge in [0.15, 0.2) is 0 Å². The van der Waals surface area contributed by atoms with Crippen molar-refractivity contribution in [3.8, 4) is 11.8 Å². The number of likely N-dealkylation sites (tertiary alicyclic amines) is 1. The van der Waals surface area contributed by atoms with E-state index in [1.807, 2.05) is 11.0 Å². The molecule has 7 nitrogen and oxygen atoms in total. The van der Waals surface area contributed by atoms with E-state index in [4.69, 9.17) is 0 Å². The van der Waals surface area contributed by atoms with Crippen molar-refractivity contribution in [3.05, 3.63) is 77.9 Å². The summed E-state index contributed by atoms with van der Waals surface area (Å²) in [6.45, 7) is 2.47. The van der Waals surface area contributed by atoms with Gasteiger partial charge in [-0.15, -0.1) is 12.4 Å². The maximum absolute atomic E-state index is 13.0. The van der Waals surface area contributed by atoms with Gasteiger partial charge >= 0.3 is 0 Å². The van der Waals surface area contributed by atoms with Gasteiger partial charge in [0.25, 0.3) is 5.91 Å². The third kappa shape index (κ3) is 5.34. The van der Waals surface area contributed by atoms with Crippen molar-refractivity contribution >= 4 is 18.3 Å². The monoisotopic (exact) mass is 450 g/mol. The number of nitriles is 1. The second kappa shape index (κ2) is 10.9. The molecule has 0 atom stereocenters. The second-order valence-electron chi connectivity index (χ2n) is 7.92. The first kappa shape index (κ1) is 23.5. The summed E-state index contributed by atoms with van der Waals surface area (Å²) in [6.07, 6.45) is 5.90. The van der Waals surface area contributed by atoms with Gasteiger partial charge in [0.1, 0.15) is 18.7 Å². The molecule has 32 heavy (non-hydrogen) atoms. The smallest absolute Gasteiger partial charge is 0.253 e. The van der Waals surface area contributed by atoms with E-state index in [9.17, 15) is 10.1 Å². The standard InChI is InChI=1S/C24H26N6O.ClH/c1-28(12-9-19-5-3-2-4-6-19)22-10-13-29(14-11-22)24(31)20-7-8-23(21(15-20)16-25)30-18-26-17-27-30;/h2-8,15,17-18,22H,9-14H2,1H3;1H. The van der Waals surface area contributed by atoms with Crippen LogP contribution in [-0.4, -0.2) is 63.2 Å². The summed E-state index contributed by atoms with van der Waals surface area (Å²) in [5.74, 6) is -0.0213. The Bertz CT molecular complexity index is 1060. The predicted molar refractivity (Wildman–Crippen MR) is 125 cm³/mol. The number of carbonyl (C=O) groups is 1. The third-order valence-electron chi connectivity index (χ3n) is 6.00. The van der Waals surface area contributed by atoms with E-state index in [2.05, 4.69) is 52.4 Å². The Kier molecular flexibility index (Phi) is 7.98. The Morgan fingerprint density at radius 3 is 2.59 bits per heavy atom. The molecule has 0 N–H and O–H groups in total. The van der Waals surface area contributed by atoms with Gasteiger partial charge in [0.2, 0.25) is 0 Å². The van der Waals surface area contributed by atoms with E-state index in [0.717, 1.165) is 38.9 Å². The SMILES string of the molecule is CN(CCc1ccccc1)C1CCN(C(=O)c2ccc(-n3cncn3)c(C#N)c2)CC1.Cl. The summed E-state index contributed by atoms with van der Waals surface area (Å²) in [5, 5.41) is 13.6. The van der Waals surface area contributed by atoms with Crippen molar-refractivity contribution in [2.24, 2.45) is 0 Å². The average Bonchev–Trinajstić information content (AvgIpc) is 3.37. The molecule has 1 aromatic heterocycles. The summed E-state index contributed by atoms with van der Waals surface area (Å²) in [5.41, 5.74) is 2.92. The highest BCUT2D eigenvalue weighted by Crippen LogP contribution is 2.20. The first-order valence-corrected chi connectivity index (χ1v) is 10.6. The molecule has 0 unspecified atom stereocenters. The van der Waals surface area contributed by atoms with Crippen LogP contribution in [0.1, 0.15) is 34.3 Å². The summed E-state index contributed by atoms with van der Waals surface area (Å²) in [4.78, 5) is 21.2. The number of halogens is 1. The van der Waals surface area contributed by atoms with Crippen molar-refractivity contribution in [1.82, 2.24) is 24.6 Å². The third-order valence-corrected chi connectivity index (χ3v) is 6.00. The highest BCUT2D eigenvalue weighted by atomic mass is 35.5. The molecule has 4 rings (SSSR count). The molecule has 8 heteroatoms. The highest BCUT2D eigenvalue weighted by molar-refractivity contribution is 5.95. The number of benzene rings is 2. The van der Waals surface area contributed by atoms with Gasteiger partial charge in [-0.1, -0.05) is 30.3 Å². The maximum Gasteiger partial charge on any atom is 0.253 e. The largest absolute Gasteiger partial charge is 0.339 e. The normalized spacial score (nSPS) is 14.1. The van der Waals surface area contributed by atoms with E-state index < -0.39 is 0 Å². The molecule has 0 aliphatic carbocycles. The Balaban J connectivity index is 0.00000289. The predicted octanol–water partition coefficient (Wildman–Crippen LogP) is 3.34. The number of amides is 1. The fourth-order valence-corrected chi connectivity index (χ4v) is 4.12. The lowest BCUT2D eigenvalue weighted by molar-refractivity contribution is 0.0647. The molecule has 1 aliphatic heterocycles. The van der Waals surface area contributed by atoms with Gasteiger partial charge in [0, 0.05) is 31.2 Å². The van der Waals surface area contributed by atoms with Crippen LogP contribution in [0.2, 0.25) is 0 Å². The number of piperidine rings is 1. The van der Waals surface area contributed by atoms with Crippen LogP contribution >= 0.6 is 12.4 Å². The molecule has 0 spiro atoms. The number of hydrogen-bond donors (Lipinski definition) is 0. The molecular formula is C24H27ClN6O. The first-order chi connectivity index (χ1) is 15.2. The highest BCUT2D eigenvalue weighted by Gasteiger charge is 2.26. The van der Waals surface area contributed by atoms with Crippen molar-refractivity contribution in [3.63, 3.8) is 0 Å². The van der Waals surface area contributed by atoms with Crippen LogP contribution in [0.25, 0.3) is 5.69 Å². The van der Waals surface area contributed by atoms with Crippen LogP contribution in [0.3, 0.4) is 0 Å². The molecule has 0 radical (unpaired) electrons. The molecule has 2 heterocycles. The Labute approximate surface area is 194 Å². The molecule has 2 aromatic carbocycles. The van der Waals surface area contributed by atoms with Crippen LogP contribution in [0.15, 0.2) is 61.2 Å². The average molecular weight is 451 g/mol. The van der Waals surface area contributed by atoms with E-state index in [1.54, 1.807) is 18.2 Å². The van der Waals surface area contributed by atoms with E-state index in [-0.39, 0.29) is 18.3 Å². The lowest BCUT2D eigenvalue weighted by Crippen LogP contribution is -2.46. The first-order valence-electron chi connectivity index (χ1n) is 10.6. The van der Waals surface area contributed by atoms with Crippen LogP contribution in [-0.2, 0) is 6.42 Å². The van der Waals surface area contributed by atoms with Gasteiger partial charge in [-0.25, -0.2) is 9.67 Å². The summed E-state index contributed by atoms with van der Waals surface area (Å²) >= 11 is 0. The Hall–Kier alpha value is -3.21. The minimum absolute atomic E-state index is 0. The Morgan fingerprint density at radius 1 is 1.19 bits per heavy atom. The molecule has 1 aliphatic rings. The maximum atomic E-state index is 13.0. The second-order valence-corrected chi connectivity index (χ2v) is 7.92. The fourth-order valence-electron chi connectivity index (χ4n) is 4.12. The van der Waals surface area contributed by atoms with Crippen molar-refractivity contribution in [2.45, 2.75) is 25.3 Å². The lowest BCUT2D eigenvalue weighted by atomic mass is 10.0. The number of hydrogen-bond acceptors (Lipinski definition) is 5. The topological polar surface area (TPSA) is 78.1 Å². The molecule has 0 bridgehead atoms. The van der Waals surface area contributed by atoms with Gasteiger partial charge in [-0.2, -0.15) is 10.4 Å². The molecule has 1 amide bonds. The quantitative estimate of drug-likeness (QED) is 0.575. The van der Waals surface area contributed by atoms with Crippen molar-refractivity contribution < 1.29 is 4.79 Å². The fraction of sp³-hybridized carbons (Fsp3) is 0.333. The lowest BCUT2D eigenvalue weighted by Gasteiger charge is -2.37. The summed E-state index contributed by atoms with van der Waals surface area (Å²) < 4.78 is 1.53. The van der Waals surface area contributed by atoms with E-state index in [0.29, 0.717) is 22.9 Å². The van der Waals surface area contributed by atoms with Crippen molar-refractivity contribution in [2.75, 3.05) is 26.7 Å². The number of aromatic nitrogens is 3. The van der Waals surface area contributed by atoms with Gasteiger partial charge in [-0.05, 0) is 50.1 Å². The van der Waals surface area contributed by atoms with E-state index in [1.165, 1.54) is 22.9 Å².